The highest BCUT2D eigenvalue weighted by molar-refractivity contribution is 9.13. The Balaban J connectivity index is 1.73. The van der Waals surface area contributed by atoms with Crippen LogP contribution in [0.5, 0.6) is 0 Å². The van der Waals surface area contributed by atoms with Gasteiger partial charge < -0.3 is 4.98 Å². The molecule has 0 aliphatic carbocycles. The number of aromatic nitrogens is 3. The normalized spacial score (nSPS) is 11.2. The predicted molar refractivity (Wildman–Crippen MR) is 97.1 cm³/mol. The largest absolute Gasteiger partial charge is 0.360 e. The van der Waals surface area contributed by atoms with E-state index in [1.807, 2.05) is 36.4 Å². The first-order valence-corrected chi connectivity index (χ1v) is 8.41. The molecular formula is C16H10Br2N4O. The third kappa shape index (κ3) is 2.46. The highest BCUT2D eigenvalue weighted by atomic mass is 79.9. The number of hydrogen-bond acceptors (Lipinski definition) is 2. The van der Waals surface area contributed by atoms with Gasteiger partial charge in [-0.1, -0.05) is 12.1 Å². The molecule has 0 bridgehead atoms. The molecule has 4 rings (SSSR count). The molecule has 0 saturated carbocycles. The van der Waals surface area contributed by atoms with Gasteiger partial charge in [0.2, 0.25) is 0 Å². The molecule has 2 N–H and O–H groups in total. The number of fused-ring (bicyclic) bond motifs is 2. The van der Waals surface area contributed by atoms with Crippen LogP contribution in [0.15, 0.2) is 57.9 Å². The van der Waals surface area contributed by atoms with Gasteiger partial charge in [-0.15, -0.1) is 0 Å². The number of rotatable bonds is 2. The number of carbonyl (C=O) groups is 1. The summed E-state index contributed by atoms with van der Waals surface area (Å²) in [5, 5.41) is 0.849. The summed E-state index contributed by atoms with van der Waals surface area (Å²) in [6, 6.07) is 11.5. The first-order chi connectivity index (χ1) is 11.1. The summed E-state index contributed by atoms with van der Waals surface area (Å²) >= 11 is 6.93. The molecule has 5 nitrogen and oxygen atoms in total. The van der Waals surface area contributed by atoms with Crippen molar-refractivity contribution in [1.29, 1.82) is 0 Å². The van der Waals surface area contributed by atoms with Crippen LogP contribution in [0.25, 0.3) is 21.9 Å². The minimum Gasteiger partial charge on any atom is -0.360 e. The summed E-state index contributed by atoms with van der Waals surface area (Å²) < 4.78 is 3.45. The fourth-order valence-corrected chi connectivity index (χ4v) is 3.21. The first-order valence-electron chi connectivity index (χ1n) is 6.83. The molecule has 2 aromatic carbocycles. The molecule has 23 heavy (non-hydrogen) atoms. The van der Waals surface area contributed by atoms with E-state index < -0.39 is 0 Å². The van der Waals surface area contributed by atoms with E-state index >= 15 is 0 Å². The number of halogens is 2. The smallest absolute Gasteiger partial charge is 0.272 e. The minimum atomic E-state index is -0.200. The van der Waals surface area contributed by atoms with Crippen molar-refractivity contribution >= 4 is 59.7 Å². The Hall–Kier alpha value is -2.12. The van der Waals surface area contributed by atoms with Gasteiger partial charge >= 0.3 is 0 Å². The molecule has 0 unspecified atom stereocenters. The molecule has 2 heterocycles. The van der Waals surface area contributed by atoms with Gasteiger partial charge in [-0.05, 0) is 56.1 Å². The summed E-state index contributed by atoms with van der Waals surface area (Å²) in [6.07, 6.45) is 3.31. The number of amides is 1. The molecule has 1 amide bonds. The van der Waals surface area contributed by atoms with Crippen LogP contribution >= 0.6 is 31.9 Å². The molecule has 114 valence electrons. The van der Waals surface area contributed by atoms with Crippen molar-refractivity contribution in [3.05, 3.63) is 63.4 Å². The van der Waals surface area contributed by atoms with Crippen LogP contribution < -0.4 is 5.43 Å². The van der Waals surface area contributed by atoms with Crippen molar-refractivity contribution in [3.63, 3.8) is 0 Å². The van der Waals surface area contributed by atoms with E-state index in [2.05, 4.69) is 47.3 Å². The number of nitrogens with one attached hydrogen (secondary N) is 2. The summed E-state index contributed by atoms with van der Waals surface area (Å²) in [4.78, 5) is 20.0. The summed E-state index contributed by atoms with van der Waals surface area (Å²) in [7, 11) is 0. The number of imidazole rings is 1. The molecule has 0 aliphatic rings. The number of carbonyl (C=O) groups excluding carboxylic acids is 1. The zero-order chi connectivity index (χ0) is 16.0. The highest BCUT2D eigenvalue weighted by Gasteiger charge is 2.14. The molecule has 2 aromatic heterocycles. The fraction of sp³-hybridized carbons (Fsp3) is 0. The number of nitrogens with zero attached hydrogens (tertiary/aromatic N) is 2. The molecule has 0 atom stereocenters. The molecular weight excluding hydrogens is 424 g/mol. The van der Waals surface area contributed by atoms with Gasteiger partial charge in [0.25, 0.3) is 5.91 Å². The van der Waals surface area contributed by atoms with Gasteiger partial charge in [0.05, 0.1) is 16.6 Å². The quantitative estimate of drug-likeness (QED) is 0.491. The third-order valence-corrected chi connectivity index (χ3v) is 5.49. The van der Waals surface area contributed by atoms with E-state index in [0.29, 0.717) is 5.56 Å². The van der Waals surface area contributed by atoms with E-state index in [-0.39, 0.29) is 5.91 Å². The molecule has 0 radical (unpaired) electrons. The topological polar surface area (TPSA) is 62.7 Å². The van der Waals surface area contributed by atoms with Gasteiger partial charge in [0.15, 0.2) is 0 Å². The second-order valence-electron chi connectivity index (χ2n) is 5.06. The standard InChI is InChI=1S/C16H10Br2N4O/c17-11-5-9-10(7-19-14(9)6-12(11)18)16(23)21-22-8-20-13-3-1-2-4-15(13)22/h1-8,19H,(H,21,23). The van der Waals surface area contributed by atoms with Crippen LogP contribution in [0.2, 0.25) is 0 Å². The van der Waals surface area contributed by atoms with Crippen LogP contribution in [0.1, 0.15) is 10.4 Å². The lowest BCUT2D eigenvalue weighted by Gasteiger charge is -2.06. The maximum Gasteiger partial charge on any atom is 0.272 e. The first kappa shape index (κ1) is 14.5. The van der Waals surface area contributed by atoms with E-state index in [9.17, 15) is 4.79 Å². The summed E-state index contributed by atoms with van der Waals surface area (Å²) in [5.41, 5.74) is 6.01. The second kappa shape index (κ2) is 5.50. The Morgan fingerprint density at radius 3 is 2.83 bits per heavy atom. The Morgan fingerprint density at radius 1 is 1.17 bits per heavy atom. The van der Waals surface area contributed by atoms with Crippen molar-refractivity contribution in [2.24, 2.45) is 0 Å². The van der Waals surface area contributed by atoms with Crippen LogP contribution in [0, 0.1) is 0 Å². The number of aromatic amines is 1. The second-order valence-corrected chi connectivity index (χ2v) is 6.77. The fourth-order valence-electron chi connectivity index (χ4n) is 2.52. The van der Waals surface area contributed by atoms with Crippen LogP contribution in [0.3, 0.4) is 0 Å². The molecule has 0 saturated heterocycles. The lowest BCUT2D eigenvalue weighted by molar-refractivity contribution is 0.101. The van der Waals surface area contributed by atoms with E-state index in [4.69, 9.17) is 0 Å². The van der Waals surface area contributed by atoms with Crippen molar-refractivity contribution in [3.8, 4) is 0 Å². The van der Waals surface area contributed by atoms with Gasteiger partial charge in [0, 0.05) is 26.0 Å². The Morgan fingerprint density at radius 2 is 1.96 bits per heavy atom. The average Bonchev–Trinajstić information content (AvgIpc) is 3.12. The summed E-state index contributed by atoms with van der Waals surface area (Å²) in [5.74, 6) is -0.200. The number of hydrogen-bond donors (Lipinski definition) is 2. The Bertz CT molecular complexity index is 1050. The maximum atomic E-state index is 12.6. The van der Waals surface area contributed by atoms with Crippen LogP contribution in [-0.4, -0.2) is 20.6 Å². The van der Waals surface area contributed by atoms with Crippen molar-refractivity contribution < 1.29 is 4.79 Å². The van der Waals surface area contributed by atoms with Crippen molar-refractivity contribution in [2.75, 3.05) is 5.43 Å². The van der Waals surface area contributed by atoms with Gasteiger partial charge in [-0.2, -0.15) is 0 Å². The molecule has 0 aliphatic heterocycles. The maximum absolute atomic E-state index is 12.6. The molecule has 7 heteroatoms. The highest BCUT2D eigenvalue weighted by Crippen LogP contribution is 2.30. The number of para-hydroxylation sites is 2. The Kier molecular flexibility index (Phi) is 3.46. The molecule has 0 fully saturated rings. The van der Waals surface area contributed by atoms with Gasteiger partial charge in [-0.3, -0.25) is 10.2 Å². The molecule has 4 aromatic rings. The van der Waals surface area contributed by atoms with Gasteiger partial charge in [-0.25, -0.2) is 9.66 Å². The average molecular weight is 434 g/mol. The minimum absolute atomic E-state index is 0.200. The predicted octanol–water partition coefficient (Wildman–Crippen LogP) is 4.43. The lowest BCUT2D eigenvalue weighted by atomic mass is 10.2. The molecule has 0 spiro atoms. The zero-order valence-electron chi connectivity index (χ0n) is 11.7. The Labute approximate surface area is 147 Å². The van der Waals surface area contributed by atoms with Crippen molar-refractivity contribution in [1.82, 2.24) is 14.6 Å². The zero-order valence-corrected chi connectivity index (χ0v) is 14.8. The number of H-pyrrole nitrogens is 1. The number of benzene rings is 2. The van der Waals surface area contributed by atoms with E-state index in [0.717, 1.165) is 30.9 Å². The van der Waals surface area contributed by atoms with Crippen LogP contribution in [0.4, 0.5) is 0 Å². The van der Waals surface area contributed by atoms with Crippen molar-refractivity contribution in [2.45, 2.75) is 0 Å². The lowest BCUT2D eigenvalue weighted by Crippen LogP contribution is -2.21. The monoisotopic (exact) mass is 432 g/mol. The van der Waals surface area contributed by atoms with Crippen LogP contribution in [-0.2, 0) is 0 Å². The van der Waals surface area contributed by atoms with E-state index in [1.165, 1.54) is 0 Å². The SMILES string of the molecule is O=C(Nn1cnc2ccccc21)c1c[nH]c2cc(Br)c(Br)cc12. The van der Waals surface area contributed by atoms with E-state index in [1.54, 1.807) is 17.2 Å². The third-order valence-electron chi connectivity index (χ3n) is 3.64. The van der Waals surface area contributed by atoms with Gasteiger partial charge in [0.1, 0.15) is 6.33 Å². The summed E-state index contributed by atoms with van der Waals surface area (Å²) in [6.45, 7) is 0.